The zero-order chi connectivity index (χ0) is 16.0. The topological polar surface area (TPSA) is 148 Å². The van der Waals surface area contributed by atoms with E-state index in [1.165, 1.54) is 0 Å². The molecule has 0 saturated heterocycles. The van der Waals surface area contributed by atoms with Gasteiger partial charge in [0.05, 0.1) is 13.5 Å². The Balaban J connectivity index is 2.74. The van der Waals surface area contributed by atoms with Crippen LogP contribution in [-0.2, 0) is 25.7 Å². The quantitative estimate of drug-likeness (QED) is 0.499. The summed E-state index contributed by atoms with van der Waals surface area (Å²) in [5.41, 5.74) is -1.43. The number of nitrogens with one attached hydrogen (secondary N) is 2. The number of nitrogens with zero attached hydrogens (tertiary/aromatic N) is 1. The van der Waals surface area contributed by atoms with Crippen LogP contribution in [-0.4, -0.2) is 45.7 Å². The average Bonchev–Trinajstić information content (AvgIpc) is 2.40. The number of esters is 1. The smallest absolute Gasteiger partial charge is 0.328 e. The summed E-state index contributed by atoms with van der Waals surface area (Å²) in [7, 11) is 1.09. The van der Waals surface area contributed by atoms with E-state index in [-0.39, 0.29) is 0 Å². The molecular weight excluding hydrogens is 286 g/mol. The van der Waals surface area contributed by atoms with E-state index in [2.05, 4.69) is 10.1 Å². The van der Waals surface area contributed by atoms with Crippen molar-refractivity contribution >= 4 is 17.8 Å². The number of hydrogen-bond donors (Lipinski definition) is 3. The highest BCUT2D eigenvalue weighted by Gasteiger charge is 2.23. The Labute approximate surface area is 117 Å². The van der Waals surface area contributed by atoms with Crippen molar-refractivity contribution in [2.24, 2.45) is 0 Å². The van der Waals surface area contributed by atoms with Crippen LogP contribution < -0.4 is 16.6 Å². The van der Waals surface area contributed by atoms with E-state index in [1.54, 1.807) is 0 Å². The zero-order valence-electron chi connectivity index (χ0n) is 11.0. The number of hydrogen-bond acceptors (Lipinski definition) is 6. The Morgan fingerprint density at radius 1 is 1.43 bits per heavy atom. The number of methoxy groups -OCH3 is 1. The van der Waals surface area contributed by atoms with Crippen LogP contribution in [0.4, 0.5) is 0 Å². The molecule has 1 atom stereocenters. The third-order valence-corrected chi connectivity index (χ3v) is 2.44. The summed E-state index contributed by atoms with van der Waals surface area (Å²) in [5.74, 6) is -3.02. The van der Waals surface area contributed by atoms with Gasteiger partial charge in [0.15, 0.2) is 0 Å². The Morgan fingerprint density at radius 2 is 2.10 bits per heavy atom. The molecule has 0 saturated carbocycles. The third kappa shape index (κ3) is 4.93. The van der Waals surface area contributed by atoms with Gasteiger partial charge in [-0.25, -0.2) is 9.59 Å². The van der Waals surface area contributed by atoms with Crippen molar-refractivity contribution in [2.45, 2.75) is 19.0 Å². The first-order valence-corrected chi connectivity index (χ1v) is 5.72. The van der Waals surface area contributed by atoms with Crippen molar-refractivity contribution in [1.82, 2.24) is 14.9 Å². The van der Waals surface area contributed by atoms with E-state index in [1.807, 2.05) is 4.98 Å². The normalized spacial score (nSPS) is 11.5. The minimum atomic E-state index is -1.47. The highest BCUT2D eigenvalue weighted by Crippen LogP contribution is 1.95. The molecule has 0 spiro atoms. The largest absolute Gasteiger partial charge is 0.480 e. The first-order chi connectivity index (χ1) is 9.83. The molecule has 0 unspecified atom stereocenters. The second-order valence-electron chi connectivity index (χ2n) is 3.98. The van der Waals surface area contributed by atoms with Gasteiger partial charge in [0, 0.05) is 12.3 Å². The molecule has 0 radical (unpaired) electrons. The maximum atomic E-state index is 11.7. The minimum Gasteiger partial charge on any atom is -0.480 e. The molecular formula is C11H13N3O7. The molecule has 0 bridgehead atoms. The third-order valence-electron chi connectivity index (χ3n) is 2.44. The number of carbonyl (C=O) groups is 3. The molecule has 10 nitrogen and oxygen atoms in total. The molecule has 0 aliphatic rings. The van der Waals surface area contributed by atoms with Crippen LogP contribution in [0.15, 0.2) is 21.9 Å². The summed E-state index contributed by atoms with van der Waals surface area (Å²) in [6.07, 6.45) is 0.551. The molecule has 0 aromatic carbocycles. The second-order valence-corrected chi connectivity index (χ2v) is 3.98. The van der Waals surface area contributed by atoms with E-state index in [4.69, 9.17) is 5.11 Å². The van der Waals surface area contributed by atoms with Gasteiger partial charge in [-0.15, -0.1) is 0 Å². The van der Waals surface area contributed by atoms with Crippen LogP contribution in [0.3, 0.4) is 0 Å². The second kappa shape index (κ2) is 7.03. The number of aromatic nitrogens is 2. The van der Waals surface area contributed by atoms with Gasteiger partial charge in [-0.1, -0.05) is 0 Å². The molecule has 21 heavy (non-hydrogen) atoms. The van der Waals surface area contributed by atoms with E-state index >= 15 is 0 Å². The number of aliphatic carboxylic acids is 1. The van der Waals surface area contributed by atoms with Crippen LogP contribution in [0.2, 0.25) is 0 Å². The van der Waals surface area contributed by atoms with Gasteiger partial charge in [-0.3, -0.25) is 23.9 Å². The highest BCUT2D eigenvalue weighted by molar-refractivity contribution is 5.87. The van der Waals surface area contributed by atoms with Crippen molar-refractivity contribution in [2.75, 3.05) is 7.11 Å². The summed E-state index contributed by atoms with van der Waals surface area (Å²) >= 11 is 0. The lowest BCUT2D eigenvalue weighted by Gasteiger charge is -2.13. The monoisotopic (exact) mass is 299 g/mol. The number of ether oxygens (including phenoxy) is 1. The first kappa shape index (κ1) is 16.1. The fourth-order valence-electron chi connectivity index (χ4n) is 1.41. The molecule has 0 aliphatic carbocycles. The number of amides is 1. The van der Waals surface area contributed by atoms with Crippen molar-refractivity contribution in [3.05, 3.63) is 33.1 Å². The number of rotatable bonds is 6. The number of carboxylic acid groups (broad SMARTS) is 1. The van der Waals surface area contributed by atoms with Crippen molar-refractivity contribution < 1.29 is 24.2 Å². The van der Waals surface area contributed by atoms with Gasteiger partial charge in [-0.2, -0.15) is 0 Å². The van der Waals surface area contributed by atoms with Crippen molar-refractivity contribution in [1.29, 1.82) is 0 Å². The van der Waals surface area contributed by atoms with Crippen molar-refractivity contribution in [3.8, 4) is 0 Å². The molecule has 114 valence electrons. The van der Waals surface area contributed by atoms with Crippen LogP contribution in [0.5, 0.6) is 0 Å². The molecule has 1 rings (SSSR count). The minimum absolute atomic E-state index is 0.499. The predicted molar refractivity (Wildman–Crippen MR) is 67.5 cm³/mol. The number of H-pyrrole nitrogens is 1. The Kier molecular flexibility index (Phi) is 5.40. The summed E-state index contributed by atoms with van der Waals surface area (Å²) < 4.78 is 5.20. The van der Waals surface area contributed by atoms with Gasteiger partial charge < -0.3 is 15.2 Å². The molecule has 1 aromatic rings. The summed E-state index contributed by atoms with van der Waals surface area (Å²) in [4.78, 5) is 57.7. The van der Waals surface area contributed by atoms with Gasteiger partial charge in [0.1, 0.15) is 12.6 Å². The average molecular weight is 299 g/mol. The maximum Gasteiger partial charge on any atom is 0.328 e. The molecule has 1 amide bonds. The lowest BCUT2D eigenvalue weighted by atomic mass is 10.2. The van der Waals surface area contributed by atoms with E-state index in [9.17, 15) is 24.0 Å². The van der Waals surface area contributed by atoms with E-state index < -0.39 is 48.1 Å². The first-order valence-electron chi connectivity index (χ1n) is 5.72. The van der Waals surface area contributed by atoms with Crippen LogP contribution in [0.25, 0.3) is 0 Å². The van der Waals surface area contributed by atoms with E-state index in [0.29, 0.717) is 0 Å². The lowest BCUT2D eigenvalue weighted by molar-refractivity contribution is -0.148. The molecule has 10 heteroatoms. The zero-order valence-corrected chi connectivity index (χ0v) is 11.0. The predicted octanol–water partition coefficient (Wildman–Crippen LogP) is -2.33. The molecule has 0 aliphatic heterocycles. The molecule has 1 heterocycles. The SMILES string of the molecule is COC(=O)C[C@H](NC(=O)Cn1ccc(=O)[nH]c1=O)C(=O)O. The summed E-state index contributed by atoms with van der Waals surface area (Å²) in [6, 6.07) is -0.430. The maximum absolute atomic E-state index is 11.7. The van der Waals surface area contributed by atoms with Gasteiger partial charge in [0.25, 0.3) is 5.56 Å². The fourth-order valence-corrected chi connectivity index (χ4v) is 1.41. The number of carbonyl (C=O) groups excluding carboxylic acids is 2. The van der Waals surface area contributed by atoms with Crippen LogP contribution in [0.1, 0.15) is 6.42 Å². The number of aromatic amines is 1. The van der Waals surface area contributed by atoms with Crippen LogP contribution in [0, 0.1) is 0 Å². The molecule has 1 aromatic heterocycles. The molecule has 0 fully saturated rings. The Hall–Kier alpha value is -2.91. The standard InChI is InChI=1S/C11H13N3O7/c1-21-9(17)4-6(10(18)19)12-8(16)5-14-3-2-7(15)13-11(14)20/h2-3,6H,4-5H2,1H3,(H,12,16)(H,18,19)(H,13,15,20)/t6-/m0/s1. The van der Waals surface area contributed by atoms with Gasteiger partial charge in [-0.05, 0) is 0 Å². The highest BCUT2D eigenvalue weighted by atomic mass is 16.5. The Bertz CT molecular complexity index is 660. The fraction of sp³-hybridized carbons (Fsp3) is 0.364. The summed E-state index contributed by atoms with van der Waals surface area (Å²) in [6.45, 7) is -0.499. The van der Waals surface area contributed by atoms with Gasteiger partial charge in [0.2, 0.25) is 5.91 Å². The van der Waals surface area contributed by atoms with E-state index in [0.717, 1.165) is 23.9 Å². The lowest BCUT2D eigenvalue weighted by Crippen LogP contribution is -2.45. The number of carboxylic acids is 1. The van der Waals surface area contributed by atoms with Crippen LogP contribution >= 0.6 is 0 Å². The molecule has 3 N–H and O–H groups in total. The summed E-state index contributed by atoms with van der Waals surface area (Å²) in [5, 5.41) is 11.0. The Morgan fingerprint density at radius 3 is 2.62 bits per heavy atom. The van der Waals surface area contributed by atoms with Gasteiger partial charge >= 0.3 is 17.6 Å². The van der Waals surface area contributed by atoms with Crippen molar-refractivity contribution in [3.63, 3.8) is 0 Å².